The van der Waals surface area contributed by atoms with E-state index in [1.54, 1.807) is 36.5 Å². The van der Waals surface area contributed by atoms with Gasteiger partial charge in [-0.3, -0.25) is 14.9 Å². The lowest BCUT2D eigenvalue weighted by molar-refractivity contribution is 0.101. The Labute approximate surface area is 186 Å². The molecule has 2 heterocycles. The van der Waals surface area contributed by atoms with E-state index >= 15 is 0 Å². The lowest BCUT2D eigenvalue weighted by atomic mass is 10.1. The number of thiophene rings is 1. The minimum absolute atomic E-state index is 0.269. The van der Waals surface area contributed by atoms with Crippen LogP contribution < -0.4 is 10.6 Å². The minimum atomic E-state index is -0.320. The Morgan fingerprint density at radius 3 is 2.57 bits per heavy atom. The SMILES string of the molecule is O=C(Nc1ncc(Cc2ccccc2)s1)c1ccc(Cl)c(NC(=O)c2cccs2)c1. The average Bonchev–Trinajstić information content (AvgIpc) is 3.43. The summed E-state index contributed by atoms with van der Waals surface area (Å²) in [5, 5.41) is 8.25. The molecule has 2 N–H and O–H groups in total. The summed E-state index contributed by atoms with van der Waals surface area (Å²) in [5.74, 6) is -0.589. The highest BCUT2D eigenvalue weighted by molar-refractivity contribution is 7.15. The van der Waals surface area contributed by atoms with Gasteiger partial charge >= 0.3 is 0 Å². The Morgan fingerprint density at radius 2 is 1.80 bits per heavy atom. The Balaban J connectivity index is 1.44. The number of hydrogen-bond acceptors (Lipinski definition) is 5. The standard InChI is InChI=1S/C22H16ClN3O2S2/c23-17-9-8-15(12-18(17)25-21(28)19-7-4-10-29-19)20(27)26-22-24-13-16(30-22)11-14-5-2-1-3-6-14/h1-10,12-13H,11H2,(H,25,28)(H,24,26,27). The van der Waals surface area contributed by atoms with Crippen LogP contribution in [0.4, 0.5) is 10.8 Å². The first-order valence-corrected chi connectivity index (χ1v) is 11.1. The molecule has 0 radical (unpaired) electrons. The summed E-state index contributed by atoms with van der Waals surface area (Å²) >= 11 is 8.95. The van der Waals surface area contributed by atoms with Crippen LogP contribution in [0.3, 0.4) is 0 Å². The van der Waals surface area contributed by atoms with E-state index in [2.05, 4.69) is 27.8 Å². The maximum atomic E-state index is 12.7. The van der Waals surface area contributed by atoms with Gasteiger partial charge in [0.05, 0.1) is 15.6 Å². The molecule has 0 atom stereocenters. The van der Waals surface area contributed by atoms with E-state index in [1.807, 2.05) is 23.6 Å². The Bertz CT molecular complexity index is 1170. The Hall–Kier alpha value is -3.00. The van der Waals surface area contributed by atoms with Gasteiger partial charge in [-0.2, -0.15) is 0 Å². The van der Waals surface area contributed by atoms with Crippen LogP contribution in [-0.2, 0) is 6.42 Å². The fourth-order valence-electron chi connectivity index (χ4n) is 2.77. The topological polar surface area (TPSA) is 71.1 Å². The molecule has 0 aliphatic carbocycles. The molecule has 4 aromatic rings. The summed E-state index contributed by atoms with van der Waals surface area (Å²) in [7, 11) is 0. The number of hydrogen-bond donors (Lipinski definition) is 2. The van der Waals surface area contributed by atoms with E-state index in [0.29, 0.717) is 26.3 Å². The number of thiazole rings is 1. The molecule has 0 aliphatic rings. The van der Waals surface area contributed by atoms with Crippen LogP contribution in [0.5, 0.6) is 0 Å². The maximum absolute atomic E-state index is 12.7. The molecule has 0 fully saturated rings. The first-order valence-electron chi connectivity index (χ1n) is 9.03. The quantitative estimate of drug-likeness (QED) is 0.378. The second-order valence-corrected chi connectivity index (χ2v) is 8.84. The van der Waals surface area contributed by atoms with Gasteiger partial charge in [-0.15, -0.1) is 22.7 Å². The Morgan fingerprint density at radius 1 is 0.967 bits per heavy atom. The number of nitrogens with one attached hydrogen (secondary N) is 2. The summed E-state index contributed by atoms with van der Waals surface area (Å²) < 4.78 is 0. The van der Waals surface area contributed by atoms with E-state index in [1.165, 1.54) is 28.2 Å². The highest BCUT2D eigenvalue weighted by Crippen LogP contribution is 2.26. The van der Waals surface area contributed by atoms with Gasteiger partial charge in [-0.1, -0.05) is 48.0 Å². The van der Waals surface area contributed by atoms with Crippen molar-refractivity contribution in [2.75, 3.05) is 10.6 Å². The van der Waals surface area contributed by atoms with Crippen LogP contribution in [-0.4, -0.2) is 16.8 Å². The van der Waals surface area contributed by atoms with Crippen LogP contribution in [0.1, 0.15) is 30.5 Å². The third kappa shape index (κ3) is 4.94. The number of carbonyl (C=O) groups is 2. The second-order valence-electron chi connectivity index (χ2n) is 6.37. The first kappa shape index (κ1) is 20.3. The summed E-state index contributed by atoms with van der Waals surface area (Å²) in [6.07, 6.45) is 2.52. The molecule has 5 nitrogen and oxygen atoms in total. The van der Waals surface area contributed by atoms with Crippen LogP contribution in [0.2, 0.25) is 5.02 Å². The maximum Gasteiger partial charge on any atom is 0.265 e. The molecule has 0 saturated heterocycles. The van der Waals surface area contributed by atoms with Crippen molar-refractivity contribution in [3.05, 3.63) is 98.1 Å². The molecule has 0 unspecified atom stereocenters. The zero-order valence-corrected chi connectivity index (χ0v) is 18.0. The molecular formula is C22H16ClN3O2S2. The average molecular weight is 454 g/mol. The third-order valence-corrected chi connectivity index (χ3v) is 6.33. The molecule has 2 aromatic carbocycles. The van der Waals surface area contributed by atoms with Crippen LogP contribution in [0.25, 0.3) is 0 Å². The molecule has 0 aliphatic heterocycles. The van der Waals surface area contributed by atoms with Crippen LogP contribution >= 0.6 is 34.3 Å². The number of nitrogens with zero attached hydrogens (tertiary/aromatic N) is 1. The van der Waals surface area contributed by atoms with Gasteiger partial charge in [-0.25, -0.2) is 4.98 Å². The van der Waals surface area contributed by atoms with E-state index in [9.17, 15) is 9.59 Å². The molecule has 2 amide bonds. The lowest BCUT2D eigenvalue weighted by Crippen LogP contribution is -2.14. The molecule has 0 spiro atoms. The first-order chi connectivity index (χ1) is 14.6. The molecular weight excluding hydrogens is 438 g/mol. The monoisotopic (exact) mass is 453 g/mol. The van der Waals surface area contributed by atoms with Crippen molar-refractivity contribution in [1.82, 2.24) is 4.98 Å². The molecule has 0 bridgehead atoms. The largest absolute Gasteiger partial charge is 0.320 e. The molecule has 8 heteroatoms. The summed E-state index contributed by atoms with van der Waals surface area (Å²) in [5.41, 5.74) is 1.94. The van der Waals surface area contributed by atoms with Gasteiger partial charge < -0.3 is 5.32 Å². The van der Waals surface area contributed by atoms with Crippen molar-refractivity contribution < 1.29 is 9.59 Å². The van der Waals surface area contributed by atoms with Gasteiger partial charge in [-0.05, 0) is 35.2 Å². The fourth-order valence-corrected chi connectivity index (χ4v) is 4.39. The predicted octanol–water partition coefficient (Wildman–Crippen LogP) is 5.95. The smallest absolute Gasteiger partial charge is 0.265 e. The van der Waals surface area contributed by atoms with Crippen molar-refractivity contribution >= 4 is 56.9 Å². The Kier molecular flexibility index (Phi) is 6.23. The van der Waals surface area contributed by atoms with Crippen molar-refractivity contribution in [2.24, 2.45) is 0 Å². The van der Waals surface area contributed by atoms with E-state index in [0.717, 1.165) is 11.3 Å². The van der Waals surface area contributed by atoms with Crippen molar-refractivity contribution in [3.8, 4) is 0 Å². The van der Waals surface area contributed by atoms with Crippen LogP contribution in [0.15, 0.2) is 72.2 Å². The number of benzene rings is 2. The third-order valence-electron chi connectivity index (χ3n) is 4.22. The van der Waals surface area contributed by atoms with E-state index in [-0.39, 0.29) is 11.8 Å². The number of aromatic nitrogens is 1. The fraction of sp³-hybridized carbons (Fsp3) is 0.0455. The molecule has 0 saturated carbocycles. The van der Waals surface area contributed by atoms with Crippen molar-refractivity contribution in [1.29, 1.82) is 0 Å². The number of carbonyl (C=O) groups excluding carboxylic acids is 2. The van der Waals surface area contributed by atoms with Gasteiger partial charge in [0.2, 0.25) is 0 Å². The number of amides is 2. The minimum Gasteiger partial charge on any atom is -0.320 e. The van der Waals surface area contributed by atoms with Gasteiger partial charge in [0.1, 0.15) is 0 Å². The highest BCUT2D eigenvalue weighted by atomic mass is 35.5. The normalized spacial score (nSPS) is 10.6. The zero-order chi connectivity index (χ0) is 20.9. The summed E-state index contributed by atoms with van der Waals surface area (Å²) in [6, 6.07) is 18.3. The van der Waals surface area contributed by atoms with Crippen LogP contribution in [0, 0.1) is 0 Å². The highest BCUT2D eigenvalue weighted by Gasteiger charge is 2.14. The molecule has 150 valence electrons. The zero-order valence-electron chi connectivity index (χ0n) is 15.6. The number of anilines is 2. The number of rotatable bonds is 6. The van der Waals surface area contributed by atoms with Gasteiger partial charge in [0.25, 0.3) is 11.8 Å². The van der Waals surface area contributed by atoms with Gasteiger partial charge in [0.15, 0.2) is 5.13 Å². The molecule has 30 heavy (non-hydrogen) atoms. The number of halogens is 1. The predicted molar refractivity (Wildman–Crippen MR) is 123 cm³/mol. The summed E-state index contributed by atoms with van der Waals surface area (Å²) in [4.78, 5) is 30.9. The summed E-state index contributed by atoms with van der Waals surface area (Å²) in [6.45, 7) is 0. The second kappa shape index (κ2) is 9.21. The lowest BCUT2D eigenvalue weighted by Gasteiger charge is -2.09. The van der Waals surface area contributed by atoms with Gasteiger partial charge in [0, 0.05) is 23.1 Å². The van der Waals surface area contributed by atoms with Crippen molar-refractivity contribution in [2.45, 2.75) is 6.42 Å². The van der Waals surface area contributed by atoms with Crippen molar-refractivity contribution in [3.63, 3.8) is 0 Å². The molecule has 2 aromatic heterocycles. The van der Waals surface area contributed by atoms with E-state index < -0.39 is 0 Å². The molecule has 4 rings (SSSR count). The van der Waals surface area contributed by atoms with E-state index in [4.69, 9.17) is 11.6 Å².